The second kappa shape index (κ2) is 7.02. The summed E-state index contributed by atoms with van der Waals surface area (Å²) in [6.07, 6.45) is 4.36. The molecule has 1 amide bonds. The number of hydrogen-bond acceptors (Lipinski definition) is 3. The van der Waals surface area contributed by atoms with Crippen molar-refractivity contribution in [3.05, 3.63) is 35.4 Å². The first kappa shape index (κ1) is 16.5. The first-order valence-corrected chi connectivity index (χ1v) is 8.95. The van der Waals surface area contributed by atoms with Crippen molar-refractivity contribution in [1.82, 2.24) is 9.80 Å². The number of piperidine rings is 1. The van der Waals surface area contributed by atoms with Gasteiger partial charge in [0.2, 0.25) is 5.91 Å². The molecule has 0 bridgehead atoms. The van der Waals surface area contributed by atoms with Crippen LogP contribution >= 0.6 is 0 Å². The molecule has 0 radical (unpaired) electrons. The van der Waals surface area contributed by atoms with E-state index in [-0.39, 0.29) is 24.0 Å². The molecule has 0 spiro atoms. The third-order valence-corrected chi connectivity index (χ3v) is 5.50. The molecular formula is C19H29N3O. The molecule has 1 aromatic carbocycles. The number of carbonyl (C=O) groups excluding carboxylic acids is 1. The van der Waals surface area contributed by atoms with Gasteiger partial charge in [0.05, 0.1) is 6.04 Å². The average molecular weight is 315 g/mol. The summed E-state index contributed by atoms with van der Waals surface area (Å²) in [6, 6.07) is 8.77. The molecule has 2 N–H and O–H groups in total. The van der Waals surface area contributed by atoms with E-state index < -0.39 is 0 Å². The summed E-state index contributed by atoms with van der Waals surface area (Å²) in [5.74, 6) is 0.256. The van der Waals surface area contributed by atoms with Crippen LogP contribution in [0.2, 0.25) is 0 Å². The minimum absolute atomic E-state index is 0.0496. The molecule has 2 aliphatic rings. The number of amides is 1. The lowest BCUT2D eigenvalue weighted by atomic mass is 9.95. The lowest BCUT2D eigenvalue weighted by Gasteiger charge is -2.42. The maximum Gasteiger partial charge on any atom is 0.239 e. The van der Waals surface area contributed by atoms with Crippen molar-refractivity contribution in [1.29, 1.82) is 0 Å². The van der Waals surface area contributed by atoms with E-state index in [1.807, 2.05) is 6.92 Å². The molecule has 2 aliphatic heterocycles. The molecule has 3 unspecified atom stereocenters. The molecule has 2 heterocycles. The minimum Gasteiger partial charge on any atom is -0.337 e. The van der Waals surface area contributed by atoms with E-state index in [4.69, 9.17) is 5.73 Å². The molecule has 126 valence electrons. The Morgan fingerprint density at radius 1 is 1.17 bits per heavy atom. The van der Waals surface area contributed by atoms with E-state index in [9.17, 15) is 4.79 Å². The van der Waals surface area contributed by atoms with Crippen LogP contribution in [0.5, 0.6) is 0 Å². The molecule has 0 aromatic heterocycles. The van der Waals surface area contributed by atoms with E-state index in [1.165, 1.54) is 17.5 Å². The van der Waals surface area contributed by atoms with Crippen LogP contribution in [0.3, 0.4) is 0 Å². The van der Waals surface area contributed by atoms with E-state index >= 15 is 0 Å². The van der Waals surface area contributed by atoms with Gasteiger partial charge in [-0.3, -0.25) is 9.69 Å². The number of carbonyl (C=O) groups is 1. The summed E-state index contributed by atoms with van der Waals surface area (Å²) in [5, 5.41) is 0. The third kappa shape index (κ3) is 3.43. The smallest absolute Gasteiger partial charge is 0.239 e. The van der Waals surface area contributed by atoms with Gasteiger partial charge in [-0.1, -0.05) is 24.3 Å². The van der Waals surface area contributed by atoms with Crippen LogP contribution < -0.4 is 5.73 Å². The monoisotopic (exact) mass is 315 g/mol. The Kier molecular flexibility index (Phi) is 5.02. The van der Waals surface area contributed by atoms with Crippen molar-refractivity contribution in [2.75, 3.05) is 13.1 Å². The number of nitrogens with two attached hydrogens (primary N) is 1. The Morgan fingerprint density at radius 2 is 1.91 bits per heavy atom. The fraction of sp³-hybridized carbons (Fsp3) is 0.632. The molecule has 0 saturated carbocycles. The second-order valence-electron chi connectivity index (χ2n) is 7.12. The highest BCUT2D eigenvalue weighted by Crippen LogP contribution is 2.24. The highest BCUT2D eigenvalue weighted by atomic mass is 16.2. The Hall–Kier alpha value is -1.39. The number of rotatable bonds is 3. The first-order valence-electron chi connectivity index (χ1n) is 8.95. The summed E-state index contributed by atoms with van der Waals surface area (Å²) in [6.45, 7) is 6.78. The molecule has 4 heteroatoms. The number of fused-ring (bicyclic) bond motifs is 1. The average Bonchev–Trinajstić information content (AvgIpc) is 2.60. The van der Waals surface area contributed by atoms with Crippen LogP contribution in [0.4, 0.5) is 0 Å². The van der Waals surface area contributed by atoms with Gasteiger partial charge in [0.25, 0.3) is 0 Å². The van der Waals surface area contributed by atoms with Crippen LogP contribution in [0.15, 0.2) is 24.3 Å². The van der Waals surface area contributed by atoms with Crippen LogP contribution in [0, 0.1) is 0 Å². The van der Waals surface area contributed by atoms with Gasteiger partial charge in [0.1, 0.15) is 0 Å². The predicted molar refractivity (Wildman–Crippen MR) is 93.0 cm³/mol. The topological polar surface area (TPSA) is 49.6 Å². The van der Waals surface area contributed by atoms with E-state index in [2.05, 4.69) is 41.0 Å². The first-order chi connectivity index (χ1) is 11.1. The summed E-state index contributed by atoms with van der Waals surface area (Å²) < 4.78 is 0. The standard InChI is InChI=1S/C19H29N3O/c1-14(20)18-9-5-6-11-22(18)19(23)15(2)21-12-10-16-7-3-4-8-17(16)13-21/h3-4,7-8,14-15,18H,5-6,9-13,20H2,1-2H3. The molecule has 23 heavy (non-hydrogen) atoms. The van der Waals surface area contributed by atoms with E-state index in [1.54, 1.807) is 0 Å². The molecular weight excluding hydrogens is 286 g/mol. The summed E-state index contributed by atoms with van der Waals surface area (Å²) in [4.78, 5) is 17.4. The van der Waals surface area contributed by atoms with Gasteiger partial charge in [0, 0.05) is 31.7 Å². The van der Waals surface area contributed by atoms with Crippen molar-refractivity contribution in [2.24, 2.45) is 5.73 Å². The maximum absolute atomic E-state index is 13.1. The molecule has 0 aliphatic carbocycles. The summed E-state index contributed by atoms with van der Waals surface area (Å²) in [7, 11) is 0. The molecule has 1 fully saturated rings. The Labute approximate surface area is 139 Å². The number of likely N-dealkylation sites (tertiary alicyclic amines) is 1. The largest absolute Gasteiger partial charge is 0.337 e. The third-order valence-electron chi connectivity index (χ3n) is 5.50. The molecule has 3 atom stereocenters. The summed E-state index contributed by atoms with van der Waals surface area (Å²) in [5.41, 5.74) is 8.92. The fourth-order valence-electron chi connectivity index (χ4n) is 4.02. The zero-order chi connectivity index (χ0) is 16.4. The SMILES string of the molecule is CC(N)C1CCCCN1C(=O)C(C)N1CCc2ccccc2C1. The Balaban J connectivity index is 1.70. The van der Waals surface area contributed by atoms with E-state index in [0.717, 1.165) is 38.9 Å². The van der Waals surface area contributed by atoms with Gasteiger partial charge in [-0.25, -0.2) is 0 Å². The van der Waals surface area contributed by atoms with Crippen LogP contribution in [-0.4, -0.2) is 46.9 Å². The van der Waals surface area contributed by atoms with Gasteiger partial charge in [0.15, 0.2) is 0 Å². The quantitative estimate of drug-likeness (QED) is 0.930. The van der Waals surface area contributed by atoms with Gasteiger partial charge >= 0.3 is 0 Å². The highest BCUT2D eigenvalue weighted by molar-refractivity contribution is 5.82. The van der Waals surface area contributed by atoms with Crippen LogP contribution in [0.1, 0.15) is 44.2 Å². The number of benzene rings is 1. The maximum atomic E-state index is 13.1. The predicted octanol–water partition coefficient (Wildman–Crippen LogP) is 2.16. The second-order valence-corrected chi connectivity index (χ2v) is 7.12. The lowest BCUT2D eigenvalue weighted by Crippen LogP contribution is -2.57. The van der Waals surface area contributed by atoms with Crippen molar-refractivity contribution in [3.63, 3.8) is 0 Å². The minimum atomic E-state index is -0.0669. The Bertz CT molecular complexity index is 557. The molecule has 1 aromatic rings. The van der Waals surface area contributed by atoms with E-state index in [0.29, 0.717) is 0 Å². The van der Waals surface area contributed by atoms with Gasteiger partial charge in [-0.05, 0) is 50.7 Å². The van der Waals surface area contributed by atoms with Crippen molar-refractivity contribution in [3.8, 4) is 0 Å². The number of hydrogen-bond donors (Lipinski definition) is 1. The molecule has 4 nitrogen and oxygen atoms in total. The highest BCUT2D eigenvalue weighted by Gasteiger charge is 2.34. The van der Waals surface area contributed by atoms with Crippen LogP contribution in [0.25, 0.3) is 0 Å². The van der Waals surface area contributed by atoms with Crippen molar-refractivity contribution in [2.45, 2.75) is 64.2 Å². The fourth-order valence-corrected chi connectivity index (χ4v) is 4.02. The molecule has 1 saturated heterocycles. The molecule has 3 rings (SSSR count). The van der Waals surface area contributed by atoms with Crippen LogP contribution in [-0.2, 0) is 17.8 Å². The summed E-state index contributed by atoms with van der Waals surface area (Å²) >= 11 is 0. The zero-order valence-electron chi connectivity index (χ0n) is 14.4. The van der Waals surface area contributed by atoms with Crippen molar-refractivity contribution >= 4 is 5.91 Å². The Morgan fingerprint density at radius 3 is 2.65 bits per heavy atom. The van der Waals surface area contributed by atoms with Gasteiger partial charge in [-0.2, -0.15) is 0 Å². The number of nitrogens with zero attached hydrogens (tertiary/aromatic N) is 2. The zero-order valence-corrected chi connectivity index (χ0v) is 14.4. The normalized spacial score (nSPS) is 24.8. The van der Waals surface area contributed by atoms with Gasteiger partial charge in [-0.15, -0.1) is 0 Å². The van der Waals surface area contributed by atoms with Crippen molar-refractivity contribution < 1.29 is 4.79 Å². The van der Waals surface area contributed by atoms with Gasteiger partial charge < -0.3 is 10.6 Å². The lowest BCUT2D eigenvalue weighted by molar-refractivity contribution is -0.141.